The number of anilines is 1. The second-order valence-corrected chi connectivity index (χ2v) is 8.12. The van der Waals surface area contributed by atoms with Crippen LogP contribution in [0.15, 0.2) is 70.5 Å². The molecule has 1 amide bonds. The van der Waals surface area contributed by atoms with E-state index in [1.165, 1.54) is 28.2 Å². The molecule has 0 spiro atoms. The molecule has 33 heavy (non-hydrogen) atoms. The lowest BCUT2D eigenvalue weighted by atomic mass is 10.1. The van der Waals surface area contributed by atoms with Gasteiger partial charge in [-0.15, -0.1) is 11.3 Å². The van der Waals surface area contributed by atoms with E-state index in [-0.39, 0.29) is 5.56 Å². The number of aryl methyl sites for hydroxylation is 1. The van der Waals surface area contributed by atoms with Crippen molar-refractivity contribution < 1.29 is 22.4 Å². The highest BCUT2D eigenvalue weighted by atomic mass is 32.1. The SMILES string of the molecule is Cc1cc(NC(=O)c2cccc(C(F)(F)F)c2)n(-c2nc(-c3cc4ccccc4o3)cs2)n1. The van der Waals surface area contributed by atoms with E-state index < -0.39 is 17.6 Å². The molecular formula is C23H15F3N4O2S. The Balaban J connectivity index is 1.43. The number of alkyl halides is 3. The molecular weight excluding hydrogens is 453 g/mol. The number of furan rings is 1. The number of hydrogen-bond donors (Lipinski definition) is 1. The van der Waals surface area contributed by atoms with E-state index in [1.807, 2.05) is 35.7 Å². The number of amides is 1. The maximum atomic E-state index is 13.0. The molecule has 3 heterocycles. The van der Waals surface area contributed by atoms with Crippen molar-refractivity contribution in [2.45, 2.75) is 13.1 Å². The summed E-state index contributed by atoms with van der Waals surface area (Å²) in [6.45, 7) is 1.74. The van der Waals surface area contributed by atoms with Crippen LogP contribution in [0.5, 0.6) is 0 Å². The fraction of sp³-hybridized carbons (Fsp3) is 0.0870. The van der Waals surface area contributed by atoms with Gasteiger partial charge >= 0.3 is 6.18 Å². The Hall–Kier alpha value is -3.92. The standard InChI is InChI=1S/C23H15F3N4O2S/c1-13-9-20(28-21(31)15-6-4-7-16(10-15)23(24,25)26)30(29-13)22-27-17(12-33-22)19-11-14-5-2-3-8-18(14)32-19/h2-12H,1H3,(H,28,31). The van der Waals surface area contributed by atoms with Gasteiger partial charge in [-0.1, -0.05) is 24.3 Å². The number of aromatic nitrogens is 3. The zero-order valence-corrected chi connectivity index (χ0v) is 17.9. The van der Waals surface area contributed by atoms with Gasteiger partial charge < -0.3 is 9.73 Å². The number of rotatable bonds is 4. The first-order valence-electron chi connectivity index (χ1n) is 9.78. The van der Waals surface area contributed by atoms with E-state index >= 15 is 0 Å². The van der Waals surface area contributed by atoms with Crippen LogP contribution < -0.4 is 5.32 Å². The first-order chi connectivity index (χ1) is 15.8. The highest BCUT2D eigenvalue weighted by Gasteiger charge is 2.31. The highest BCUT2D eigenvalue weighted by Crippen LogP contribution is 2.32. The van der Waals surface area contributed by atoms with Crippen molar-refractivity contribution in [3.8, 4) is 16.6 Å². The molecule has 6 nitrogen and oxygen atoms in total. The summed E-state index contributed by atoms with van der Waals surface area (Å²) in [6, 6.07) is 15.4. The predicted molar refractivity (Wildman–Crippen MR) is 119 cm³/mol. The number of halogens is 3. The number of nitrogens with zero attached hydrogens (tertiary/aromatic N) is 3. The fourth-order valence-corrected chi connectivity index (χ4v) is 4.12. The number of nitrogens with one attached hydrogen (secondary N) is 1. The lowest BCUT2D eigenvalue weighted by Gasteiger charge is -2.09. The average Bonchev–Trinajstić information content (AvgIpc) is 3.50. The molecule has 0 aliphatic heterocycles. The first-order valence-corrected chi connectivity index (χ1v) is 10.7. The Morgan fingerprint density at radius 2 is 1.91 bits per heavy atom. The van der Waals surface area contributed by atoms with Crippen molar-refractivity contribution in [1.29, 1.82) is 0 Å². The van der Waals surface area contributed by atoms with Crippen LogP contribution in [0.25, 0.3) is 27.6 Å². The van der Waals surface area contributed by atoms with Crippen molar-refractivity contribution in [3.63, 3.8) is 0 Å². The van der Waals surface area contributed by atoms with Gasteiger partial charge in [0.05, 0.1) is 11.3 Å². The molecule has 166 valence electrons. The quantitative estimate of drug-likeness (QED) is 0.335. The van der Waals surface area contributed by atoms with Crippen molar-refractivity contribution in [2.24, 2.45) is 0 Å². The van der Waals surface area contributed by atoms with Gasteiger partial charge in [0.15, 0.2) is 5.76 Å². The molecule has 0 fully saturated rings. The second kappa shape index (κ2) is 7.89. The van der Waals surface area contributed by atoms with Gasteiger partial charge in [0.1, 0.15) is 17.1 Å². The predicted octanol–water partition coefficient (Wildman–Crippen LogP) is 6.32. The minimum atomic E-state index is -4.54. The Labute approximate surface area is 189 Å². The lowest BCUT2D eigenvalue weighted by Crippen LogP contribution is -2.16. The highest BCUT2D eigenvalue weighted by molar-refractivity contribution is 7.12. The Bertz CT molecular complexity index is 1450. The molecule has 5 aromatic rings. The third kappa shape index (κ3) is 4.12. The van der Waals surface area contributed by atoms with Crippen LogP contribution >= 0.6 is 11.3 Å². The zero-order chi connectivity index (χ0) is 23.2. The molecule has 1 N–H and O–H groups in total. The summed E-state index contributed by atoms with van der Waals surface area (Å²) in [5, 5.41) is 10.2. The van der Waals surface area contributed by atoms with Crippen molar-refractivity contribution in [3.05, 3.63) is 82.9 Å². The van der Waals surface area contributed by atoms with E-state index in [9.17, 15) is 18.0 Å². The monoisotopic (exact) mass is 468 g/mol. The molecule has 10 heteroatoms. The number of benzene rings is 2. The van der Waals surface area contributed by atoms with Crippen LogP contribution in [-0.4, -0.2) is 20.7 Å². The van der Waals surface area contributed by atoms with E-state index in [1.54, 1.807) is 13.0 Å². The molecule has 0 radical (unpaired) electrons. The summed E-state index contributed by atoms with van der Waals surface area (Å²) in [6.07, 6.45) is -4.54. The molecule has 3 aromatic heterocycles. The average molecular weight is 468 g/mol. The summed E-state index contributed by atoms with van der Waals surface area (Å²) in [5.41, 5.74) is 0.947. The number of thiazole rings is 1. The fourth-order valence-electron chi connectivity index (χ4n) is 3.34. The normalized spacial score (nSPS) is 11.8. The van der Waals surface area contributed by atoms with Gasteiger partial charge in [0.25, 0.3) is 5.91 Å². The zero-order valence-electron chi connectivity index (χ0n) is 17.1. The van der Waals surface area contributed by atoms with Crippen molar-refractivity contribution in [2.75, 3.05) is 5.32 Å². The van der Waals surface area contributed by atoms with Crippen LogP contribution in [0.1, 0.15) is 21.6 Å². The van der Waals surface area contributed by atoms with Crippen LogP contribution in [0.4, 0.5) is 19.0 Å². The van der Waals surface area contributed by atoms with E-state index in [4.69, 9.17) is 4.42 Å². The Morgan fingerprint density at radius 1 is 1.09 bits per heavy atom. The molecule has 0 unspecified atom stereocenters. The number of carbonyl (C=O) groups is 1. The Morgan fingerprint density at radius 3 is 2.70 bits per heavy atom. The second-order valence-electron chi connectivity index (χ2n) is 7.28. The minimum Gasteiger partial charge on any atom is -0.454 e. The summed E-state index contributed by atoms with van der Waals surface area (Å²) in [4.78, 5) is 17.2. The molecule has 2 aromatic carbocycles. The summed E-state index contributed by atoms with van der Waals surface area (Å²) in [5.74, 6) is 0.203. The largest absolute Gasteiger partial charge is 0.454 e. The summed E-state index contributed by atoms with van der Waals surface area (Å²) < 4.78 is 46.3. The van der Waals surface area contributed by atoms with Crippen molar-refractivity contribution in [1.82, 2.24) is 14.8 Å². The van der Waals surface area contributed by atoms with Gasteiger partial charge in [-0.3, -0.25) is 4.79 Å². The number of fused-ring (bicyclic) bond motifs is 1. The molecule has 0 saturated carbocycles. The Kier molecular flexibility index (Phi) is 5.01. The number of para-hydroxylation sites is 1. The third-order valence-electron chi connectivity index (χ3n) is 4.88. The van der Waals surface area contributed by atoms with Crippen LogP contribution in [0.2, 0.25) is 0 Å². The van der Waals surface area contributed by atoms with Gasteiger partial charge in [-0.25, -0.2) is 4.98 Å². The maximum Gasteiger partial charge on any atom is 0.416 e. The first kappa shape index (κ1) is 21.0. The van der Waals surface area contributed by atoms with Crippen molar-refractivity contribution >= 4 is 34.0 Å². The lowest BCUT2D eigenvalue weighted by molar-refractivity contribution is -0.137. The van der Waals surface area contributed by atoms with Crippen LogP contribution in [-0.2, 0) is 6.18 Å². The van der Waals surface area contributed by atoms with Crippen LogP contribution in [0, 0.1) is 6.92 Å². The van der Waals surface area contributed by atoms with Gasteiger partial charge in [0.2, 0.25) is 5.13 Å². The van der Waals surface area contributed by atoms with Crippen LogP contribution in [0.3, 0.4) is 0 Å². The van der Waals surface area contributed by atoms with Gasteiger partial charge in [0, 0.05) is 22.4 Å². The smallest absolute Gasteiger partial charge is 0.416 e. The summed E-state index contributed by atoms with van der Waals surface area (Å²) >= 11 is 1.29. The van der Waals surface area contributed by atoms with Gasteiger partial charge in [-0.2, -0.15) is 23.0 Å². The topological polar surface area (TPSA) is 73.0 Å². The number of carbonyl (C=O) groups excluding carboxylic acids is 1. The van der Waals surface area contributed by atoms with E-state index in [0.29, 0.717) is 28.1 Å². The minimum absolute atomic E-state index is 0.114. The van der Waals surface area contributed by atoms with E-state index in [2.05, 4.69) is 15.4 Å². The summed E-state index contributed by atoms with van der Waals surface area (Å²) in [7, 11) is 0. The molecule has 0 aliphatic rings. The number of hydrogen-bond acceptors (Lipinski definition) is 5. The third-order valence-corrected chi connectivity index (χ3v) is 5.69. The molecule has 0 bridgehead atoms. The van der Waals surface area contributed by atoms with E-state index in [0.717, 1.165) is 23.1 Å². The molecule has 0 saturated heterocycles. The molecule has 0 atom stereocenters. The molecule has 0 aliphatic carbocycles. The molecule has 5 rings (SSSR count). The van der Waals surface area contributed by atoms with Gasteiger partial charge in [-0.05, 0) is 37.3 Å². The maximum absolute atomic E-state index is 13.0.